The van der Waals surface area contributed by atoms with E-state index < -0.39 is 6.10 Å². The molecule has 5 nitrogen and oxygen atoms in total. The number of hydrogen-bond donors (Lipinski definition) is 3. The van der Waals surface area contributed by atoms with Crippen molar-refractivity contribution < 1.29 is 14.6 Å². The summed E-state index contributed by atoms with van der Waals surface area (Å²) in [5.74, 6) is 0.839. The van der Waals surface area contributed by atoms with Gasteiger partial charge in [-0.3, -0.25) is 4.79 Å². The van der Waals surface area contributed by atoms with Gasteiger partial charge in [0.2, 0.25) is 5.91 Å². The summed E-state index contributed by atoms with van der Waals surface area (Å²) in [7, 11) is 0. The summed E-state index contributed by atoms with van der Waals surface area (Å²) in [6.45, 7) is 3.39. The molecule has 0 aliphatic carbocycles. The van der Waals surface area contributed by atoms with E-state index in [1.54, 1.807) is 0 Å². The van der Waals surface area contributed by atoms with Crippen LogP contribution in [0.25, 0.3) is 0 Å². The van der Waals surface area contributed by atoms with E-state index in [0.29, 0.717) is 19.5 Å². The first kappa shape index (κ1) is 14.8. The molecule has 5 heteroatoms. The number of aliphatic hydroxyl groups is 1. The number of hydrogen-bond acceptors (Lipinski definition) is 4. The highest BCUT2D eigenvalue weighted by Gasteiger charge is 2.21. The Morgan fingerprint density at radius 2 is 2.40 bits per heavy atom. The molecule has 1 aromatic carbocycles. The van der Waals surface area contributed by atoms with Crippen LogP contribution < -0.4 is 15.4 Å². The molecule has 1 saturated heterocycles. The molecule has 0 bridgehead atoms. The number of rotatable bonds is 7. The number of aliphatic hydroxyl groups excluding tert-OH is 1. The Morgan fingerprint density at radius 3 is 3.10 bits per heavy atom. The number of ether oxygens (including phenoxy) is 1. The summed E-state index contributed by atoms with van der Waals surface area (Å²) < 4.78 is 5.57. The van der Waals surface area contributed by atoms with Gasteiger partial charge in [0.1, 0.15) is 18.5 Å². The second-order valence-corrected chi connectivity index (χ2v) is 5.08. The molecule has 0 spiro atoms. The molecule has 1 heterocycles. The van der Waals surface area contributed by atoms with Crippen LogP contribution in [0.1, 0.15) is 18.9 Å². The number of carbonyl (C=O) groups excluding carboxylic acids is 1. The molecule has 3 N–H and O–H groups in total. The first-order valence-corrected chi connectivity index (χ1v) is 7.07. The Labute approximate surface area is 119 Å². The van der Waals surface area contributed by atoms with Crippen molar-refractivity contribution in [2.45, 2.75) is 31.9 Å². The predicted octanol–water partition coefficient (Wildman–Crippen LogP) is 0.467. The fraction of sp³-hybridized carbons (Fsp3) is 0.533. The molecular weight excluding hydrogens is 256 g/mol. The Morgan fingerprint density at radius 1 is 1.55 bits per heavy atom. The summed E-state index contributed by atoms with van der Waals surface area (Å²) in [6, 6.07) is 7.99. The minimum absolute atomic E-state index is 0.0598. The van der Waals surface area contributed by atoms with Gasteiger partial charge in [-0.25, -0.2) is 0 Å². The third-order valence-corrected chi connectivity index (χ3v) is 3.37. The number of amides is 1. The molecule has 2 rings (SSSR count). The maximum atomic E-state index is 11.0. The van der Waals surface area contributed by atoms with Gasteiger partial charge in [0.25, 0.3) is 0 Å². The van der Waals surface area contributed by atoms with Gasteiger partial charge >= 0.3 is 0 Å². The molecular formula is C15H22N2O3. The predicted molar refractivity (Wildman–Crippen MR) is 76.7 cm³/mol. The lowest BCUT2D eigenvalue weighted by Crippen LogP contribution is -2.39. The SMILES string of the molecule is CCc1cccc(OCC(O)CNC2CNC(=O)C2)c1. The van der Waals surface area contributed by atoms with Crippen molar-refractivity contribution in [2.24, 2.45) is 0 Å². The highest BCUT2D eigenvalue weighted by molar-refractivity contribution is 5.78. The zero-order chi connectivity index (χ0) is 14.4. The van der Waals surface area contributed by atoms with Crippen molar-refractivity contribution in [1.29, 1.82) is 0 Å². The van der Waals surface area contributed by atoms with E-state index in [0.717, 1.165) is 12.2 Å². The van der Waals surface area contributed by atoms with Crippen LogP contribution in [0.2, 0.25) is 0 Å². The zero-order valence-electron chi connectivity index (χ0n) is 11.8. The molecule has 1 aliphatic rings. The van der Waals surface area contributed by atoms with Gasteiger partial charge in [-0.1, -0.05) is 19.1 Å². The van der Waals surface area contributed by atoms with E-state index in [-0.39, 0.29) is 18.6 Å². The van der Waals surface area contributed by atoms with Crippen molar-refractivity contribution in [1.82, 2.24) is 10.6 Å². The summed E-state index contributed by atoms with van der Waals surface area (Å²) in [4.78, 5) is 11.0. The Balaban J connectivity index is 1.69. The Hall–Kier alpha value is -1.59. The molecule has 1 fully saturated rings. The quantitative estimate of drug-likeness (QED) is 0.678. The second kappa shape index (κ2) is 7.26. The average molecular weight is 278 g/mol. The lowest BCUT2D eigenvalue weighted by molar-refractivity contribution is -0.119. The molecule has 20 heavy (non-hydrogen) atoms. The van der Waals surface area contributed by atoms with Gasteiger partial charge in [-0.2, -0.15) is 0 Å². The molecule has 0 saturated carbocycles. The third-order valence-electron chi connectivity index (χ3n) is 3.37. The smallest absolute Gasteiger partial charge is 0.221 e. The molecule has 0 radical (unpaired) electrons. The standard InChI is InChI=1S/C15H22N2O3/c1-2-11-4-3-5-14(6-11)20-10-13(18)9-16-12-7-15(19)17-8-12/h3-6,12-13,16,18H,2,7-10H2,1H3,(H,17,19). The summed E-state index contributed by atoms with van der Waals surface area (Å²) in [5.41, 5.74) is 1.21. The number of carbonyl (C=O) groups is 1. The molecule has 2 unspecified atom stereocenters. The van der Waals surface area contributed by atoms with E-state index in [9.17, 15) is 9.90 Å². The maximum absolute atomic E-state index is 11.0. The van der Waals surface area contributed by atoms with Gasteiger partial charge in [0, 0.05) is 25.6 Å². The highest BCUT2D eigenvalue weighted by atomic mass is 16.5. The van der Waals surface area contributed by atoms with Gasteiger partial charge in [-0.15, -0.1) is 0 Å². The molecule has 2 atom stereocenters. The largest absolute Gasteiger partial charge is 0.491 e. The maximum Gasteiger partial charge on any atom is 0.221 e. The first-order chi connectivity index (χ1) is 9.67. The summed E-state index contributed by atoms with van der Waals surface area (Å²) in [5, 5.41) is 15.8. The van der Waals surface area contributed by atoms with Crippen LogP contribution in [-0.4, -0.2) is 42.9 Å². The van der Waals surface area contributed by atoms with Crippen molar-refractivity contribution in [2.75, 3.05) is 19.7 Å². The molecule has 0 aromatic heterocycles. The number of aryl methyl sites for hydroxylation is 1. The van der Waals surface area contributed by atoms with E-state index in [1.807, 2.05) is 18.2 Å². The molecule has 1 amide bonds. The fourth-order valence-corrected chi connectivity index (χ4v) is 2.16. The van der Waals surface area contributed by atoms with Crippen molar-refractivity contribution in [3.63, 3.8) is 0 Å². The van der Waals surface area contributed by atoms with Crippen molar-refractivity contribution in [3.8, 4) is 5.75 Å². The van der Waals surface area contributed by atoms with E-state index in [1.165, 1.54) is 5.56 Å². The summed E-state index contributed by atoms with van der Waals surface area (Å²) >= 11 is 0. The second-order valence-electron chi connectivity index (χ2n) is 5.08. The zero-order valence-corrected chi connectivity index (χ0v) is 11.8. The van der Waals surface area contributed by atoms with Gasteiger partial charge in [0.05, 0.1) is 0 Å². The molecule has 1 aliphatic heterocycles. The van der Waals surface area contributed by atoms with Crippen LogP contribution in [0.4, 0.5) is 0 Å². The van der Waals surface area contributed by atoms with Crippen LogP contribution in [0.3, 0.4) is 0 Å². The third kappa shape index (κ3) is 4.51. The van der Waals surface area contributed by atoms with Crippen LogP contribution in [0.5, 0.6) is 5.75 Å². The topological polar surface area (TPSA) is 70.6 Å². The first-order valence-electron chi connectivity index (χ1n) is 7.07. The minimum atomic E-state index is -0.587. The minimum Gasteiger partial charge on any atom is -0.491 e. The normalized spacial score (nSPS) is 19.7. The van der Waals surface area contributed by atoms with Crippen LogP contribution in [0, 0.1) is 0 Å². The lowest BCUT2D eigenvalue weighted by atomic mass is 10.2. The van der Waals surface area contributed by atoms with Gasteiger partial charge < -0.3 is 20.5 Å². The van der Waals surface area contributed by atoms with E-state index in [4.69, 9.17) is 4.74 Å². The molecule has 110 valence electrons. The Kier molecular flexibility index (Phi) is 5.38. The lowest BCUT2D eigenvalue weighted by Gasteiger charge is -2.16. The van der Waals surface area contributed by atoms with Crippen molar-refractivity contribution in [3.05, 3.63) is 29.8 Å². The summed E-state index contributed by atoms with van der Waals surface area (Å²) in [6.07, 6.45) is 0.854. The monoisotopic (exact) mass is 278 g/mol. The van der Waals surface area contributed by atoms with E-state index in [2.05, 4.69) is 23.6 Å². The van der Waals surface area contributed by atoms with Gasteiger partial charge in [0.15, 0.2) is 0 Å². The van der Waals surface area contributed by atoms with Crippen molar-refractivity contribution >= 4 is 5.91 Å². The van der Waals surface area contributed by atoms with Crippen LogP contribution >= 0.6 is 0 Å². The molecule has 1 aromatic rings. The van der Waals surface area contributed by atoms with Gasteiger partial charge in [-0.05, 0) is 24.1 Å². The van der Waals surface area contributed by atoms with Crippen LogP contribution in [0.15, 0.2) is 24.3 Å². The highest BCUT2D eigenvalue weighted by Crippen LogP contribution is 2.13. The number of benzene rings is 1. The van der Waals surface area contributed by atoms with E-state index >= 15 is 0 Å². The number of nitrogens with one attached hydrogen (secondary N) is 2. The Bertz CT molecular complexity index is 450. The average Bonchev–Trinajstić information content (AvgIpc) is 2.89. The van der Waals surface area contributed by atoms with Crippen LogP contribution in [-0.2, 0) is 11.2 Å². The fourth-order valence-electron chi connectivity index (χ4n) is 2.16.